The number of esters is 1. The van der Waals surface area contributed by atoms with Gasteiger partial charge >= 0.3 is 295 Å². The standard InChI is InChI=1S/C42H67IN4O11/c1-6-7-8-9-10-11-25-56-33-21-17-30(18-22-33)47-43(5,55)28-31(13-12-24-45-40(53)58-41(2,3)4)46-39(52)42(54)26-35(49)37(50)36(27-42)57-38(51)34(44)23-16-29-14-19-32(48)20-15-29/h14-15,17-22,31,34-37,48-50,54H,6-13,16,23-28,44H2,1-5H3,(H,45,53)(H,46,52)(H,47,55). The Bertz CT molecular complexity index is 1620. The second-order valence-corrected chi connectivity index (χ2v) is 23.1. The van der Waals surface area contributed by atoms with Crippen LogP contribution in [0.2, 0.25) is 0 Å². The van der Waals surface area contributed by atoms with E-state index < -0.39 is 91.1 Å². The molecule has 1 saturated carbocycles. The predicted molar refractivity (Wildman–Crippen MR) is 230 cm³/mol. The number of aromatic hydroxyl groups is 1. The second kappa shape index (κ2) is 23.3. The average Bonchev–Trinajstić information content (AvgIpc) is 3.14. The number of amides is 2. The summed E-state index contributed by atoms with van der Waals surface area (Å²) in [5, 5.41) is 48.1. The van der Waals surface area contributed by atoms with Gasteiger partial charge < -0.3 is 5.11 Å². The van der Waals surface area contributed by atoms with Gasteiger partial charge in [-0.2, -0.15) is 0 Å². The molecule has 7 atom stereocenters. The third-order valence-corrected chi connectivity index (χ3v) is 14.2. The molecule has 0 saturated heterocycles. The van der Waals surface area contributed by atoms with E-state index in [1.165, 1.54) is 37.8 Å². The number of nitrogens with two attached hydrogens (primary N) is 1. The van der Waals surface area contributed by atoms with Crippen LogP contribution in [-0.4, -0.2) is 103 Å². The molecule has 0 aromatic heterocycles. The second-order valence-electron chi connectivity index (χ2n) is 16.3. The van der Waals surface area contributed by atoms with E-state index in [0.29, 0.717) is 30.9 Å². The first-order chi connectivity index (χ1) is 27.3. The minimum atomic E-state index is -4.09. The molecule has 7 unspecified atom stereocenters. The van der Waals surface area contributed by atoms with E-state index >= 15 is 0 Å². The zero-order valence-electron chi connectivity index (χ0n) is 34.7. The van der Waals surface area contributed by atoms with Crippen LogP contribution >= 0.6 is 18.7 Å². The number of aryl methyl sites for hydroxylation is 1. The van der Waals surface area contributed by atoms with E-state index in [4.69, 9.17) is 19.9 Å². The van der Waals surface area contributed by atoms with Crippen molar-refractivity contribution in [3.05, 3.63) is 54.1 Å². The molecule has 3 rings (SSSR count). The molecule has 2 aromatic carbocycles. The van der Waals surface area contributed by atoms with Crippen molar-refractivity contribution in [2.75, 3.05) is 26.0 Å². The van der Waals surface area contributed by atoms with Gasteiger partial charge in [-0.3, -0.25) is 0 Å². The minimum absolute atomic E-state index is 0.0243. The first kappa shape index (κ1) is 48.8. The van der Waals surface area contributed by atoms with Gasteiger partial charge in [0.25, 0.3) is 0 Å². The molecular weight excluding hydrogens is 863 g/mol. The van der Waals surface area contributed by atoms with E-state index in [2.05, 4.69) is 21.1 Å². The fourth-order valence-corrected chi connectivity index (χ4v) is 11.1. The Balaban J connectivity index is 1.65. The number of phenolic OH excluding ortho intramolecular Hbond substituents is 1. The molecular formula is C42H67IN4O11. The molecule has 1 aliphatic carbocycles. The third kappa shape index (κ3) is 17.7. The van der Waals surface area contributed by atoms with Crippen LogP contribution in [-0.2, 0) is 28.6 Å². The van der Waals surface area contributed by atoms with Gasteiger partial charge in [0, 0.05) is 0 Å². The summed E-state index contributed by atoms with van der Waals surface area (Å²) in [7, 11) is 0. The van der Waals surface area contributed by atoms with Crippen molar-refractivity contribution in [1.82, 2.24) is 10.6 Å². The number of nitrogens with one attached hydrogen (secondary N) is 3. The van der Waals surface area contributed by atoms with Crippen LogP contribution in [0.1, 0.15) is 104 Å². The number of alkyl halides is 2. The van der Waals surface area contributed by atoms with Crippen LogP contribution in [0, 0.1) is 0 Å². The van der Waals surface area contributed by atoms with Crippen LogP contribution in [0.25, 0.3) is 0 Å². The fourth-order valence-electron chi connectivity index (χ4n) is 6.56. The molecule has 1 aliphatic rings. The number of hydrogen-bond acceptors (Lipinski definition) is 12. The monoisotopic (exact) mass is 930 g/mol. The fraction of sp³-hybridized carbons (Fsp3) is 0.643. The molecule has 9 N–H and O–H groups in total. The van der Waals surface area contributed by atoms with Crippen LogP contribution < -0.4 is 24.6 Å². The number of benzene rings is 2. The first-order valence-electron chi connectivity index (χ1n) is 20.3. The van der Waals surface area contributed by atoms with Crippen molar-refractivity contribution in [3.8, 4) is 11.5 Å². The Hall–Kier alpha value is -3.58. The van der Waals surface area contributed by atoms with E-state index in [1.807, 2.05) is 12.1 Å². The predicted octanol–water partition coefficient (Wildman–Crippen LogP) is 5.38. The van der Waals surface area contributed by atoms with Gasteiger partial charge in [0.2, 0.25) is 0 Å². The van der Waals surface area contributed by atoms with Crippen molar-refractivity contribution in [2.24, 2.45) is 5.73 Å². The molecule has 0 radical (unpaired) electrons. The summed E-state index contributed by atoms with van der Waals surface area (Å²) in [6, 6.07) is 11.7. The Morgan fingerprint density at radius 1 is 0.948 bits per heavy atom. The van der Waals surface area contributed by atoms with Crippen molar-refractivity contribution >= 4 is 42.4 Å². The normalized spacial score (nSPS) is 22.1. The van der Waals surface area contributed by atoms with Gasteiger partial charge in [-0.15, -0.1) is 0 Å². The molecule has 0 bridgehead atoms. The zero-order valence-corrected chi connectivity index (χ0v) is 36.9. The molecule has 16 heteroatoms. The van der Waals surface area contributed by atoms with Crippen LogP contribution in [0.15, 0.2) is 48.5 Å². The Kier molecular flexibility index (Phi) is 19.6. The van der Waals surface area contributed by atoms with Gasteiger partial charge in [0.05, 0.1) is 0 Å². The van der Waals surface area contributed by atoms with Gasteiger partial charge in [-0.1, -0.05) is 25.5 Å². The van der Waals surface area contributed by atoms with Gasteiger partial charge in [-0.05, 0) is 17.7 Å². The number of alkyl carbamates (subject to hydrolysis) is 1. The number of anilines is 1. The third-order valence-electron chi connectivity index (χ3n) is 9.68. The summed E-state index contributed by atoms with van der Waals surface area (Å²) in [5.41, 5.74) is 4.56. The van der Waals surface area contributed by atoms with Crippen LogP contribution in [0.5, 0.6) is 11.5 Å². The summed E-state index contributed by atoms with van der Waals surface area (Å²) in [6.07, 6.45) is 1.79. The molecule has 2 aromatic rings. The van der Waals surface area contributed by atoms with Crippen molar-refractivity contribution in [2.45, 2.75) is 146 Å². The molecule has 328 valence electrons. The maximum absolute atomic E-state index is 14.1. The number of unbranched alkanes of at least 4 members (excludes halogenated alkanes) is 5. The molecule has 0 aliphatic heterocycles. The number of rotatable bonds is 23. The first-order valence-corrected chi connectivity index (χ1v) is 25.9. The van der Waals surface area contributed by atoms with Crippen molar-refractivity contribution in [1.29, 1.82) is 0 Å². The van der Waals surface area contributed by atoms with E-state index in [9.17, 15) is 37.9 Å². The Morgan fingerprint density at radius 3 is 2.26 bits per heavy atom. The number of aliphatic hydroxyl groups is 3. The number of phenols is 1. The zero-order chi connectivity index (χ0) is 42.9. The number of aliphatic hydroxyl groups excluding tert-OH is 2. The summed E-state index contributed by atoms with van der Waals surface area (Å²) >= 11 is -4.09. The van der Waals surface area contributed by atoms with Crippen molar-refractivity contribution in [3.63, 3.8) is 0 Å². The molecule has 0 spiro atoms. The molecule has 58 heavy (non-hydrogen) atoms. The van der Waals surface area contributed by atoms with Gasteiger partial charge in [-0.25, -0.2) is 0 Å². The number of carbonyl (C=O) groups is 3. The molecule has 15 nitrogen and oxygen atoms in total. The SMILES string of the molecule is CCCCCCCCOc1ccc(NI(C)(=O)CC(CCCNC(=O)OC(C)(C)C)NC(=O)C2(O)CC(O)C(O)C(OC(=O)C(N)CCc3ccc(O)cc3)C2)cc1. The number of ether oxygens (including phenoxy) is 3. The van der Waals surface area contributed by atoms with E-state index in [0.717, 1.165) is 18.4 Å². The summed E-state index contributed by atoms with van der Waals surface area (Å²) in [5.74, 6) is -0.977. The molecule has 0 heterocycles. The Morgan fingerprint density at radius 2 is 1.60 bits per heavy atom. The number of hydrogen-bond donors (Lipinski definition) is 8. The topological polar surface area (TPSA) is 239 Å². The number of carbonyl (C=O) groups excluding carboxylic acids is 3. The van der Waals surface area contributed by atoms with Crippen LogP contribution in [0.4, 0.5) is 10.5 Å². The van der Waals surface area contributed by atoms with Gasteiger partial charge in [0.1, 0.15) is 5.75 Å². The summed E-state index contributed by atoms with van der Waals surface area (Å²) < 4.78 is 33.9. The summed E-state index contributed by atoms with van der Waals surface area (Å²) in [6.45, 7) is 8.23. The quantitative estimate of drug-likeness (QED) is 0.0230. The molecule has 2 amide bonds. The number of halogens is 1. The Labute approximate surface area is 347 Å². The van der Waals surface area contributed by atoms with Crippen molar-refractivity contribution < 1.29 is 52.1 Å². The molecule has 1 fully saturated rings. The van der Waals surface area contributed by atoms with Gasteiger partial charge in [0.15, 0.2) is 0 Å². The van der Waals surface area contributed by atoms with E-state index in [-0.39, 0.29) is 29.6 Å². The average molecular weight is 931 g/mol. The van der Waals surface area contributed by atoms with E-state index in [1.54, 1.807) is 50.0 Å². The maximum atomic E-state index is 14.1. The van der Waals surface area contributed by atoms with Crippen LogP contribution in [0.3, 0.4) is 0 Å². The summed E-state index contributed by atoms with van der Waals surface area (Å²) in [4.78, 5) is 40.6.